The van der Waals surface area contributed by atoms with Crippen molar-refractivity contribution in [3.63, 3.8) is 0 Å². The highest BCUT2D eigenvalue weighted by Gasteiger charge is 2.31. The molecule has 0 spiro atoms. The maximum atomic E-state index is 13.7. The lowest BCUT2D eigenvalue weighted by atomic mass is 9.87. The number of nitrogens with two attached hydrogens (primary N) is 1. The Hall–Kier alpha value is -4.93. The van der Waals surface area contributed by atoms with Crippen molar-refractivity contribution in [2.45, 2.75) is 52.1 Å². The van der Waals surface area contributed by atoms with Crippen LogP contribution in [0.25, 0.3) is 0 Å². The summed E-state index contributed by atoms with van der Waals surface area (Å²) in [6, 6.07) is 10.7. The molecule has 0 fully saturated rings. The first-order valence-corrected chi connectivity index (χ1v) is 14.2. The van der Waals surface area contributed by atoms with Crippen molar-refractivity contribution in [3.05, 3.63) is 98.5 Å². The molecule has 2 atom stereocenters. The van der Waals surface area contributed by atoms with Gasteiger partial charge in [0, 0.05) is 42.3 Å². The number of aryl methyl sites for hydroxylation is 4. The summed E-state index contributed by atoms with van der Waals surface area (Å²) < 4.78 is 12.3. The van der Waals surface area contributed by atoms with Crippen molar-refractivity contribution in [1.82, 2.24) is 24.8 Å². The summed E-state index contributed by atoms with van der Waals surface area (Å²) in [5.41, 5.74) is 11.8. The Morgan fingerprint density at radius 3 is 2.44 bits per heavy atom. The Balaban J connectivity index is 1.40. The highest BCUT2D eigenvalue weighted by Crippen LogP contribution is 2.33. The molecule has 0 radical (unpaired) electrons. The van der Waals surface area contributed by atoms with Crippen LogP contribution >= 0.6 is 0 Å². The molecule has 4 N–H and O–H groups in total. The van der Waals surface area contributed by atoms with Crippen LogP contribution in [-0.4, -0.2) is 46.2 Å². The predicted octanol–water partition coefficient (Wildman–Crippen LogP) is 3.61. The number of nitrogens with one attached hydrogen (secondary N) is 2. The van der Waals surface area contributed by atoms with Gasteiger partial charge in [0.1, 0.15) is 23.4 Å². The van der Waals surface area contributed by atoms with Crippen molar-refractivity contribution in [1.29, 1.82) is 0 Å². The molecule has 11 nitrogen and oxygen atoms in total. The number of fused-ring (bicyclic) bond motifs is 1. The van der Waals surface area contributed by atoms with Gasteiger partial charge in [-0.25, -0.2) is 9.97 Å². The van der Waals surface area contributed by atoms with Crippen molar-refractivity contribution in [2.24, 2.45) is 0 Å². The average molecular weight is 584 g/mol. The molecule has 224 valence electrons. The minimum absolute atomic E-state index is 0.185. The number of nitrogen functional groups attached to an aromatic ring is 1. The lowest BCUT2D eigenvalue weighted by Crippen LogP contribution is -2.36. The van der Waals surface area contributed by atoms with Gasteiger partial charge in [-0.1, -0.05) is 6.07 Å². The molecular formula is C32H37N7O4. The largest absolute Gasteiger partial charge is 0.497 e. The number of pyridine rings is 2. The number of rotatable bonds is 10. The summed E-state index contributed by atoms with van der Waals surface area (Å²) in [6.45, 7) is 6.58. The maximum absolute atomic E-state index is 13.7. The fourth-order valence-corrected chi connectivity index (χ4v) is 5.78. The third-order valence-electron chi connectivity index (χ3n) is 8.01. The second-order valence-electron chi connectivity index (χ2n) is 10.8. The van der Waals surface area contributed by atoms with Crippen LogP contribution in [-0.2, 0) is 17.8 Å². The van der Waals surface area contributed by atoms with Crippen molar-refractivity contribution >= 4 is 17.5 Å². The van der Waals surface area contributed by atoms with Crippen LogP contribution in [0.2, 0.25) is 0 Å². The van der Waals surface area contributed by atoms with Crippen molar-refractivity contribution in [3.8, 4) is 11.5 Å². The molecule has 1 amide bonds. The first-order chi connectivity index (χ1) is 20.7. The molecule has 43 heavy (non-hydrogen) atoms. The van der Waals surface area contributed by atoms with Gasteiger partial charge >= 0.3 is 0 Å². The third kappa shape index (κ3) is 6.15. The zero-order chi connectivity index (χ0) is 30.7. The molecule has 1 aromatic carbocycles. The number of benzene rings is 1. The first-order valence-electron chi connectivity index (χ1n) is 14.2. The maximum Gasteiger partial charge on any atom is 0.294 e. The molecule has 11 heteroatoms. The highest BCUT2D eigenvalue weighted by molar-refractivity contribution is 5.81. The molecule has 4 heterocycles. The van der Waals surface area contributed by atoms with Crippen LogP contribution in [0.15, 0.2) is 53.6 Å². The summed E-state index contributed by atoms with van der Waals surface area (Å²) in [5.74, 6) is 1.62. The topological polar surface area (TPSA) is 146 Å². The van der Waals surface area contributed by atoms with Crippen LogP contribution in [0.4, 0.5) is 11.6 Å². The Morgan fingerprint density at radius 2 is 1.79 bits per heavy atom. The molecule has 5 rings (SSSR count). The first kappa shape index (κ1) is 29.6. The van der Waals surface area contributed by atoms with Gasteiger partial charge in [-0.05, 0) is 86.2 Å². The molecule has 1 aliphatic rings. The molecule has 0 aliphatic carbocycles. The predicted molar refractivity (Wildman–Crippen MR) is 165 cm³/mol. The zero-order valence-electron chi connectivity index (χ0n) is 25.1. The van der Waals surface area contributed by atoms with Gasteiger partial charge in [-0.15, -0.1) is 0 Å². The van der Waals surface area contributed by atoms with E-state index in [1.807, 2.05) is 51.1 Å². The Bertz CT molecular complexity index is 1680. The van der Waals surface area contributed by atoms with Crippen LogP contribution in [0, 0.1) is 20.8 Å². The monoisotopic (exact) mass is 583 g/mol. The van der Waals surface area contributed by atoms with Gasteiger partial charge in [-0.2, -0.15) is 0 Å². The lowest BCUT2D eigenvalue weighted by molar-refractivity contribution is -0.124. The molecule has 0 saturated carbocycles. The quantitative estimate of drug-likeness (QED) is 0.255. The van der Waals surface area contributed by atoms with E-state index in [1.165, 1.54) is 0 Å². The van der Waals surface area contributed by atoms with Crippen LogP contribution in [0.1, 0.15) is 57.7 Å². The molecule has 3 aromatic heterocycles. The second kappa shape index (κ2) is 12.5. The second-order valence-corrected chi connectivity index (χ2v) is 10.8. The van der Waals surface area contributed by atoms with Gasteiger partial charge in [-0.3, -0.25) is 19.1 Å². The van der Waals surface area contributed by atoms with E-state index >= 15 is 0 Å². The highest BCUT2D eigenvalue weighted by atomic mass is 16.5. The SMILES string of the molecule is COc1ccc([C@H](CNc2ncc3n(c2=O)[C@H](C(=O)NCc2ccc(N)nc2C)CC3)c2c(C)cc(OC)cc2C)nc1. The van der Waals surface area contributed by atoms with E-state index in [2.05, 4.69) is 25.6 Å². The summed E-state index contributed by atoms with van der Waals surface area (Å²) in [4.78, 5) is 40.4. The minimum Gasteiger partial charge on any atom is -0.497 e. The van der Waals surface area contributed by atoms with Gasteiger partial charge < -0.3 is 25.8 Å². The van der Waals surface area contributed by atoms with E-state index in [-0.39, 0.29) is 23.2 Å². The lowest BCUT2D eigenvalue weighted by Gasteiger charge is -2.23. The smallest absolute Gasteiger partial charge is 0.294 e. The summed E-state index contributed by atoms with van der Waals surface area (Å²) in [6.07, 6.45) is 4.47. The van der Waals surface area contributed by atoms with Gasteiger partial charge in [0.2, 0.25) is 5.91 Å². The number of aromatic nitrogens is 4. The van der Waals surface area contributed by atoms with E-state index in [0.29, 0.717) is 37.5 Å². The number of hydrogen-bond donors (Lipinski definition) is 3. The van der Waals surface area contributed by atoms with E-state index in [4.69, 9.17) is 15.2 Å². The van der Waals surface area contributed by atoms with Gasteiger partial charge in [0.05, 0.1) is 20.4 Å². The summed E-state index contributed by atoms with van der Waals surface area (Å²) >= 11 is 0. The molecular weight excluding hydrogens is 546 g/mol. The van der Waals surface area contributed by atoms with Crippen LogP contribution < -0.4 is 31.4 Å². The Kier molecular flexibility index (Phi) is 8.61. The summed E-state index contributed by atoms with van der Waals surface area (Å²) in [7, 11) is 3.25. The van der Waals surface area contributed by atoms with Crippen LogP contribution in [0.5, 0.6) is 11.5 Å². The number of carbonyl (C=O) groups excluding carboxylic acids is 1. The van der Waals surface area contributed by atoms with E-state index in [9.17, 15) is 9.59 Å². The number of methoxy groups -OCH3 is 2. The van der Waals surface area contributed by atoms with Gasteiger partial charge in [0.15, 0.2) is 5.82 Å². The standard InChI is InChI=1S/C32H37N7O4/c1-18-12-24(43-5)13-19(2)29(18)25(26-9-8-23(42-4)16-34-26)17-36-30-32(41)39-22(15-35-30)7-10-27(39)31(40)37-14-21-6-11-28(33)38-20(21)3/h6,8-9,11-13,15-16,25,27H,7,10,14,17H2,1-5H3,(H2,33,38)(H,35,36)(H,37,40)/t25-,27-/m0/s1. The number of amides is 1. The van der Waals surface area contributed by atoms with Crippen molar-refractivity contribution < 1.29 is 14.3 Å². The normalized spacial score (nSPS) is 14.6. The minimum atomic E-state index is -0.627. The van der Waals surface area contributed by atoms with Crippen LogP contribution in [0.3, 0.4) is 0 Å². The Morgan fingerprint density at radius 1 is 1.05 bits per heavy atom. The third-order valence-corrected chi connectivity index (χ3v) is 8.01. The number of anilines is 2. The van der Waals surface area contributed by atoms with Crippen molar-refractivity contribution in [2.75, 3.05) is 31.8 Å². The van der Waals surface area contributed by atoms with E-state index in [1.54, 1.807) is 37.2 Å². The number of ether oxygens (including phenoxy) is 2. The number of nitrogens with zero attached hydrogens (tertiary/aromatic N) is 4. The fraction of sp³-hybridized carbons (Fsp3) is 0.344. The molecule has 4 aromatic rings. The number of hydrogen-bond acceptors (Lipinski definition) is 9. The zero-order valence-corrected chi connectivity index (χ0v) is 25.1. The Labute approximate surface area is 250 Å². The molecule has 0 unspecified atom stereocenters. The molecule has 0 bridgehead atoms. The van der Waals surface area contributed by atoms with E-state index in [0.717, 1.165) is 45.1 Å². The van der Waals surface area contributed by atoms with E-state index < -0.39 is 6.04 Å². The molecule has 0 saturated heterocycles. The molecule has 1 aliphatic heterocycles. The average Bonchev–Trinajstić information content (AvgIpc) is 3.44. The summed E-state index contributed by atoms with van der Waals surface area (Å²) in [5, 5.41) is 6.25. The fourth-order valence-electron chi connectivity index (χ4n) is 5.78. The number of carbonyl (C=O) groups is 1. The van der Waals surface area contributed by atoms with Gasteiger partial charge in [0.25, 0.3) is 5.56 Å².